The summed E-state index contributed by atoms with van der Waals surface area (Å²) in [5.41, 5.74) is 4.88. The number of carbonyl (C=O) groups is 3. The molecule has 0 saturated heterocycles. The van der Waals surface area contributed by atoms with Gasteiger partial charge in [-0.1, -0.05) is 12.8 Å². The summed E-state index contributed by atoms with van der Waals surface area (Å²) >= 11 is 0. The fourth-order valence-electron chi connectivity index (χ4n) is 2.43. The molecule has 6 N–H and O–H groups in total. The SMILES string of the molecule is NC(=O)NCCNC(=O)NCC1CCCCC1C(=O)O. The summed E-state index contributed by atoms with van der Waals surface area (Å²) < 4.78 is 0. The molecule has 8 heteroatoms. The van der Waals surface area contributed by atoms with E-state index in [4.69, 9.17) is 10.8 Å². The number of urea groups is 2. The number of carboxylic acid groups (broad SMARTS) is 1. The average molecular weight is 286 g/mol. The van der Waals surface area contributed by atoms with Crippen molar-refractivity contribution in [1.29, 1.82) is 0 Å². The minimum atomic E-state index is -0.789. The van der Waals surface area contributed by atoms with Gasteiger partial charge in [-0.25, -0.2) is 9.59 Å². The zero-order valence-corrected chi connectivity index (χ0v) is 11.4. The van der Waals surface area contributed by atoms with E-state index in [-0.39, 0.29) is 31.0 Å². The molecule has 1 aliphatic carbocycles. The van der Waals surface area contributed by atoms with Crippen molar-refractivity contribution in [3.05, 3.63) is 0 Å². The molecule has 2 unspecified atom stereocenters. The molecule has 0 radical (unpaired) electrons. The molecule has 0 aromatic carbocycles. The topological polar surface area (TPSA) is 134 Å². The van der Waals surface area contributed by atoms with E-state index in [0.29, 0.717) is 13.0 Å². The molecule has 1 fully saturated rings. The summed E-state index contributed by atoms with van der Waals surface area (Å²) in [6.07, 6.45) is 3.42. The van der Waals surface area contributed by atoms with Crippen molar-refractivity contribution < 1.29 is 19.5 Å². The Hall–Kier alpha value is -1.99. The van der Waals surface area contributed by atoms with Gasteiger partial charge < -0.3 is 26.8 Å². The Kier molecular flexibility index (Phi) is 6.61. The van der Waals surface area contributed by atoms with E-state index >= 15 is 0 Å². The van der Waals surface area contributed by atoms with Crippen molar-refractivity contribution in [3.8, 4) is 0 Å². The summed E-state index contributed by atoms with van der Waals surface area (Å²) in [5, 5.41) is 16.7. The molecule has 0 heterocycles. The number of hydrogen-bond donors (Lipinski definition) is 5. The predicted octanol–water partition coefficient (Wildman–Crippen LogP) is -0.155. The molecule has 8 nitrogen and oxygen atoms in total. The van der Waals surface area contributed by atoms with E-state index in [1.807, 2.05) is 0 Å². The molecular weight excluding hydrogens is 264 g/mol. The van der Waals surface area contributed by atoms with Crippen LogP contribution in [0, 0.1) is 11.8 Å². The number of nitrogens with one attached hydrogen (secondary N) is 3. The molecule has 0 aromatic heterocycles. The largest absolute Gasteiger partial charge is 0.481 e. The monoisotopic (exact) mass is 286 g/mol. The summed E-state index contributed by atoms with van der Waals surface area (Å²) in [6, 6.07) is -1.01. The highest BCUT2D eigenvalue weighted by molar-refractivity contribution is 5.74. The van der Waals surface area contributed by atoms with Crippen molar-refractivity contribution in [2.45, 2.75) is 25.7 Å². The third-order valence-electron chi connectivity index (χ3n) is 3.46. The van der Waals surface area contributed by atoms with E-state index < -0.39 is 12.0 Å². The molecule has 0 aliphatic heterocycles. The van der Waals surface area contributed by atoms with Crippen molar-refractivity contribution in [3.63, 3.8) is 0 Å². The van der Waals surface area contributed by atoms with Crippen LogP contribution in [0.3, 0.4) is 0 Å². The highest BCUT2D eigenvalue weighted by atomic mass is 16.4. The van der Waals surface area contributed by atoms with Crippen molar-refractivity contribution in [2.24, 2.45) is 17.6 Å². The van der Waals surface area contributed by atoms with Crippen LogP contribution < -0.4 is 21.7 Å². The predicted molar refractivity (Wildman–Crippen MR) is 72.1 cm³/mol. The Morgan fingerprint density at radius 2 is 1.70 bits per heavy atom. The van der Waals surface area contributed by atoms with Crippen LogP contribution in [0.2, 0.25) is 0 Å². The van der Waals surface area contributed by atoms with Crippen molar-refractivity contribution >= 4 is 18.0 Å². The van der Waals surface area contributed by atoms with Gasteiger partial charge in [-0.15, -0.1) is 0 Å². The maximum absolute atomic E-state index is 11.5. The van der Waals surface area contributed by atoms with E-state index in [2.05, 4.69) is 16.0 Å². The van der Waals surface area contributed by atoms with Crippen LogP contribution in [0.25, 0.3) is 0 Å². The zero-order chi connectivity index (χ0) is 15.0. The van der Waals surface area contributed by atoms with Gasteiger partial charge in [0.1, 0.15) is 0 Å². The van der Waals surface area contributed by atoms with Crippen LogP contribution in [-0.4, -0.2) is 42.8 Å². The number of aliphatic carboxylic acids is 1. The van der Waals surface area contributed by atoms with Crippen LogP contribution in [0.5, 0.6) is 0 Å². The van der Waals surface area contributed by atoms with Gasteiger partial charge >= 0.3 is 18.0 Å². The van der Waals surface area contributed by atoms with Gasteiger partial charge in [-0.05, 0) is 18.8 Å². The number of carboxylic acids is 1. The first-order valence-corrected chi connectivity index (χ1v) is 6.78. The average Bonchev–Trinajstić information content (AvgIpc) is 2.41. The van der Waals surface area contributed by atoms with Gasteiger partial charge in [-0.3, -0.25) is 4.79 Å². The fourth-order valence-corrected chi connectivity index (χ4v) is 2.43. The first-order valence-electron chi connectivity index (χ1n) is 6.78. The molecule has 114 valence electrons. The second-order valence-electron chi connectivity index (χ2n) is 4.92. The van der Waals surface area contributed by atoms with Gasteiger partial charge in [0, 0.05) is 19.6 Å². The Bertz CT molecular complexity index is 361. The van der Waals surface area contributed by atoms with Crippen LogP contribution in [0.15, 0.2) is 0 Å². The Morgan fingerprint density at radius 3 is 2.35 bits per heavy atom. The van der Waals surface area contributed by atoms with Gasteiger partial charge in [0.05, 0.1) is 5.92 Å². The van der Waals surface area contributed by atoms with Gasteiger partial charge in [0.2, 0.25) is 0 Å². The second kappa shape index (κ2) is 8.23. The van der Waals surface area contributed by atoms with Crippen molar-refractivity contribution in [2.75, 3.05) is 19.6 Å². The minimum Gasteiger partial charge on any atom is -0.481 e. The molecule has 2 atom stereocenters. The first-order chi connectivity index (χ1) is 9.50. The zero-order valence-electron chi connectivity index (χ0n) is 11.4. The lowest BCUT2D eigenvalue weighted by Crippen LogP contribution is -2.44. The molecule has 1 rings (SSSR count). The Labute approximate surface area is 117 Å². The molecule has 20 heavy (non-hydrogen) atoms. The summed E-state index contributed by atoms with van der Waals surface area (Å²) in [5.74, 6) is -1.18. The van der Waals surface area contributed by atoms with Crippen molar-refractivity contribution in [1.82, 2.24) is 16.0 Å². The fraction of sp³-hybridized carbons (Fsp3) is 0.750. The standard InChI is InChI=1S/C12H22N4O4/c13-11(19)14-5-6-15-12(20)16-7-8-3-1-2-4-9(8)10(17)18/h8-9H,1-7H2,(H,17,18)(H3,13,14,19)(H2,15,16,20). The molecule has 0 spiro atoms. The highest BCUT2D eigenvalue weighted by Gasteiger charge is 2.30. The quantitative estimate of drug-likeness (QED) is 0.434. The number of primary amides is 1. The van der Waals surface area contributed by atoms with Crippen LogP contribution in [-0.2, 0) is 4.79 Å². The van der Waals surface area contributed by atoms with E-state index in [1.165, 1.54) is 0 Å². The van der Waals surface area contributed by atoms with E-state index in [0.717, 1.165) is 19.3 Å². The lowest BCUT2D eigenvalue weighted by atomic mass is 9.79. The highest BCUT2D eigenvalue weighted by Crippen LogP contribution is 2.29. The number of amides is 4. The normalized spacial score (nSPS) is 21.8. The van der Waals surface area contributed by atoms with E-state index in [9.17, 15) is 14.4 Å². The molecule has 1 aliphatic rings. The van der Waals surface area contributed by atoms with Gasteiger partial charge in [0.15, 0.2) is 0 Å². The number of carbonyl (C=O) groups excluding carboxylic acids is 2. The summed E-state index contributed by atoms with van der Waals surface area (Å²) in [6.45, 7) is 0.873. The molecule has 0 bridgehead atoms. The maximum Gasteiger partial charge on any atom is 0.314 e. The molecule has 0 aromatic rings. The molecule has 1 saturated carbocycles. The van der Waals surface area contributed by atoms with Gasteiger partial charge in [-0.2, -0.15) is 0 Å². The second-order valence-corrected chi connectivity index (χ2v) is 4.92. The smallest absolute Gasteiger partial charge is 0.314 e. The maximum atomic E-state index is 11.5. The number of nitrogens with two attached hydrogens (primary N) is 1. The summed E-state index contributed by atoms with van der Waals surface area (Å²) in [7, 11) is 0. The number of rotatable bonds is 6. The lowest BCUT2D eigenvalue weighted by molar-refractivity contribution is -0.144. The molecular formula is C12H22N4O4. The van der Waals surface area contributed by atoms with Crippen LogP contribution >= 0.6 is 0 Å². The first kappa shape index (κ1) is 16.1. The third kappa shape index (κ3) is 5.77. The number of hydrogen-bond acceptors (Lipinski definition) is 3. The Morgan fingerprint density at radius 1 is 1.05 bits per heavy atom. The van der Waals surface area contributed by atoms with E-state index in [1.54, 1.807) is 0 Å². The lowest BCUT2D eigenvalue weighted by Gasteiger charge is -2.28. The van der Waals surface area contributed by atoms with Crippen LogP contribution in [0.4, 0.5) is 9.59 Å². The summed E-state index contributed by atoms with van der Waals surface area (Å²) in [4.78, 5) is 33.0. The third-order valence-corrected chi connectivity index (χ3v) is 3.46. The molecule has 4 amide bonds. The van der Waals surface area contributed by atoms with Gasteiger partial charge in [0.25, 0.3) is 0 Å². The minimum absolute atomic E-state index is 0.0178. The van der Waals surface area contributed by atoms with Crippen LogP contribution in [0.1, 0.15) is 25.7 Å². The Balaban J connectivity index is 2.22.